The van der Waals surface area contributed by atoms with Crippen LogP contribution < -0.4 is 0 Å². The molecule has 1 unspecified atom stereocenters. The van der Waals surface area contributed by atoms with Crippen LogP contribution in [0.2, 0.25) is 0 Å². The smallest absolute Gasteiger partial charge is 0.280 e. The molecule has 3 nitrogen and oxygen atoms in total. The van der Waals surface area contributed by atoms with Crippen molar-refractivity contribution in [2.75, 3.05) is 12.8 Å². The van der Waals surface area contributed by atoms with E-state index in [-0.39, 0.29) is 6.16 Å². The van der Waals surface area contributed by atoms with E-state index in [1.54, 1.807) is 6.66 Å². The molecule has 5 heteroatoms. The molecule has 0 amide bonds. The Morgan fingerprint density at radius 1 is 1.50 bits per heavy atom. The van der Waals surface area contributed by atoms with Crippen molar-refractivity contribution in [1.29, 1.82) is 0 Å². The Morgan fingerprint density at radius 3 is 1.88 bits per heavy atom. The lowest BCUT2D eigenvalue weighted by Crippen LogP contribution is -2.30. The zero-order chi connectivity index (χ0) is 6.78. The average Bonchev–Trinajstić information content (AvgIpc) is 1.21. The average molecular weight is 203 g/mol. The predicted octanol–water partition coefficient (Wildman–Crippen LogP) is 0.0387. The van der Waals surface area contributed by atoms with Gasteiger partial charge < -0.3 is 15.3 Å². The van der Waals surface area contributed by atoms with Gasteiger partial charge in [-0.3, -0.25) is 0 Å². The molecule has 3 N–H and O–H groups in total. The van der Waals surface area contributed by atoms with E-state index in [2.05, 4.69) is 15.5 Å². The van der Waals surface area contributed by atoms with Gasteiger partial charge in [0.25, 0.3) is 5.97 Å². The van der Waals surface area contributed by atoms with E-state index >= 15 is 0 Å². The first kappa shape index (κ1) is 8.79. The Bertz CT molecular complexity index is 69.4. The molecule has 0 saturated heterocycles. The van der Waals surface area contributed by atoms with Crippen molar-refractivity contribution in [3.8, 4) is 0 Å². The molecule has 0 aliphatic heterocycles. The largest absolute Gasteiger partial charge is 0.343 e. The van der Waals surface area contributed by atoms with Gasteiger partial charge in [0.05, 0.1) is 6.16 Å². The van der Waals surface area contributed by atoms with Crippen LogP contribution in [-0.4, -0.2) is 34.1 Å². The van der Waals surface area contributed by atoms with E-state index in [1.165, 1.54) is 0 Å². The van der Waals surface area contributed by atoms with E-state index in [4.69, 9.17) is 15.3 Å². The molecule has 0 aromatic rings. The summed E-state index contributed by atoms with van der Waals surface area (Å²) in [6, 6.07) is 0. The molecule has 0 aromatic heterocycles. The van der Waals surface area contributed by atoms with E-state index < -0.39 is 12.6 Å². The molecular formula is C3H8BrO3P. The fourth-order valence-corrected chi connectivity index (χ4v) is 1.89. The molecule has 1 atom stereocenters. The van der Waals surface area contributed by atoms with Crippen LogP contribution in [-0.2, 0) is 0 Å². The van der Waals surface area contributed by atoms with Crippen molar-refractivity contribution in [1.82, 2.24) is 0 Å². The van der Waals surface area contributed by atoms with Crippen LogP contribution in [0.3, 0.4) is 0 Å². The summed E-state index contributed by atoms with van der Waals surface area (Å²) >= 11 is 3.09. The van der Waals surface area contributed by atoms with Gasteiger partial charge in [0, 0.05) is 0 Å². The summed E-state index contributed by atoms with van der Waals surface area (Å²) in [7, 11) is 0. The molecular weight excluding hydrogens is 195 g/mol. The van der Waals surface area contributed by atoms with Crippen LogP contribution in [0.25, 0.3) is 0 Å². The quantitative estimate of drug-likeness (QED) is 0.438. The number of hydrogen-bond donors (Lipinski definition) is 3. The van der Waals surface area contributed by atoms with Crippen LogP contribution in [0, 0.1) is 0 Å². The molecule has 0 heterocycles. The van der Waals surface area contributed by atoms with Crippen LogP contribution in [0.15, 0.2) is 0 Å². The Balaban J connectivity index is 3.39. The van der Waals surface area contributed by atoms with Gasteiger partial charge in [0.1, 0.15) is 0 Å². The van der Waals surface area contributed by atoms with E-state index in [1.807, 2.05) is 0 Å². The zero-order valence-electron chi connectivity index (χ0n) is 4.37. The van der Waals surface area contributed by atoms with Crippen molar-refractivity contribution < 1.29 is 15.3 Å². The minimum Gasteiger partial charge on any atom is -0.343 e. The third-order valence-corrected chi connectivity index (χ3v) is 2.04. The molecule has 50 valence electrons. The minimum absolute atomic E-state index is 0.0255. The summed E-state index contributed by atoms with van der Waals surface area (Å²) in [5.74, 6) is -2.50. The van der Waals surface area contributed by atoms with Crippen molar-refractivity contribution in [3.05, 3.63) is 0 Å². The summed E-state index contributed by atoms with van der Waals surface area (Å²) < 4.78 is 0. The third-order valence-electron chi connectivity index (χ3n) is 0.430. The second-order valence-electron chi connectivity index (χ2n) is 1.54. The van der Waals surface area contributed by atoms with Crippen LogP contribution in [0.1, 0.15) is 0 Å². The van der Waals surface area contributed by atoms with Gasteiger partial charge >= 0.3 is 0 Å². The van der Waals surface area contributed by atoms with Crippen molar-refractivity contribution in [3.63, 3.8) is 0 Å². The molecule has 8 heavy (non-hydrogen) atoms. The lowest BCUT2D eigenvalue weighted by Gasteiger charge is -2.14. The van der Waals surface area contributed by atoms with Gasteiger partial charge in [-0.25, -0.2) is 0 Å². The lowest BCUT2D eigenvalue weighted by molar-refractivity contribution is -0.293. The van der Waals surface area contributed by atoms with Gasteiger partial charge in [0.15, 0.2) is 0 Å². The lowest BCUT2D eigenvalue weighted by atomic mass is 10.7. The number of rotatable bonds is 2. The van der Waals surface area contributed by atoms with E-state index in [9.17, 15) is 0 Å². The maximum Gasteiger partial charge on any atom is 0.280 e. The highest BCUT2D eigenvalue weighted by Gasteiger charge is 2.19. The van der Waals surface area contributed by atoms with Gasteiger partial charge in [-0.05, 0) is 13.3 Å². The summed E-state index contributed by atoms with van der Waals surface area (Å²) in [4.78, 5) is 0. The third kappa shape index (κ3) is 6.79. The van der Waals surface area contributed by atoms with Gasteiger partial charge in [-0.1, -0.05) is 15.5 Å². The molecule has 0 saturated carbocycles. The minimum atomic E-state index is -2.50. The fraction of sp³-hybridized carbons (Fsp3) is 1.00. The first-order chi connectivity index (χ1) is 3.42. The normalized spacial score (nSPS) is 16.1. The van der Waals surface area contributed by atoms with Crippen molar-refractivity contribution in [2.45, 2.75) is 5.97 Å². The Morgan fingerprint density at radius 2 is 1.88 bits per heavy atom. The molecule has 0 radical (unpaired) electrons. The number of aliphatic hydroxyl groups is 3. The topological polar surface area (TPSA) is 60.7 Å². The SMILES string of the molecule is CP(Br)CC(O)(O)O. The van der Waals surface area contributed by atoms with Gasteiger partial charge in [-0.2, -0.15) is 0 Å². The second-order valence-corrected chi connectivity index (χ2v) is 6.70. The zero-order valence-corrected chi connectivity index (χ0v) is 6.85. The maximum atomic E-state index is 8.29. The molecule has 0 aromatic carbocycles. The fourth-order valence-electron chi connectivity index (χ4n) is 0.292. The highest BCUT2D eigenvalue weighted by Crippen LogP contribution is 2.41. The molecule has 0 aliphatic rings. The molecule has 0 fully saturated rings. The Labute approximate surface area is 56.8 Å². The number of hydrogen-bond acceptors (Lipinski definition) is 3. The van der Waals surface area contributed by atoms with Gasteiger partial charge in [0.2, 0.25) is 0 Å². The highest BCUT2D eigenvalue weighted by molar-refractivity contribution is 9.39. The molecule has 0 aliphatic carbocycles. The second kappa shape index (κ2) is 3.08. The highest BCUT2D eigenvalue weighted by atomic mass is 79.9. The summed E-state index contributed by atoms with van der Waals surface area (Å²) in [6.07, 6.45) is -0.0255. The monoisotopic (exact) mass is 202 g/mol. The standard InChI is InChI=1S/C3H8BrO3P/c1-8(4)2-3(5,6)7/h5-7H,2H2,1H3. The molecule has 0 bridgehead atoms. The predicted molar refractivity (Wildman–Crippen MR) is 36.0 cm³/mol. The van der Waals surface area contributed by atoms with Crippen molar-refractivity contribution >= 4 is 22.1 Å². The Kier molecular flexibility index (Phi) is 3.39. The molecule has 0 spiro atoms. The summed E-state index contributed by atoms with van der Waals surface area (Å²) in [5.41, 5.74) is 0. The van der Waals surface area contributed by atoms with E-state index in [0.29, 0.717) is 0 Å². The Hall–Kier alpha value is 0.790. The molecule has 0 rings (SSSR count). The van der Waals surface area contributed by atoms with E-state index in [0.717, 1.165) is 0 Å². The van der Waals surface area contributed by atoms with Gasteiger partial charge in [-0.15, -0.1) is 0 Å². The summed E-state index contributed by atoms with van der Waals surface area (Å²) in [5, 5.41) is 24.9. The van der Waals surface area contributed by atoms with Crippen LogP contribution in [0.5, 0.6) is 0 Å². The first-order valence-electron chi connectivity index (χ1n) is 1.96. The summed E-state index contributed by atoms with van der Waals surface area (Å²) in [6.45, 7) is 1.14. The maximum absolute atomic E-state index is 8.29. The van der Waals surface area contributed by atoms with Crippen LogP contribution >= 0.6 is 22.1 Å². The van der Waals surface area contributed by atoms with Crippen molar-refractivity contribution in [2.24, 2.45) is 0 Å². The number of halogens is 1. The van der Waals surface area contributed by atoms with Crippen LogP contribution in [0.4, 0.5) is 0 Å². The first-order valence-corrected chi connectivity index (χ1v) is 5.95.